The fourth-order valence-electron chi connectivity index (χ4n) is 2.87. The van der Waals surface area contributed by atoms with Gasteiger partial charge in [0, 0.05) is 10.6 Å². The van der Waals surface area contributed by atoms with Gasteiger partial charge in [-0.2, -0.15) is 0 Å². The van der Waals surface area contributed by atoms with Gasteiger partial charge in [0.15, 0.2) is 0 Å². The molecule has 0 saturated heterocycles. The zero-order chi connectivity index (χ0) is 16.2. The van der Waals surface area contributed by atoms with Crippen molar-refractivity contribution in [2.24, 2.45) is 0 Å². The average molecular weight is 316 g/mol. The molecule has 0 spiro atoms. The second kappa shape index (κ2) is 7.26. The minimum Gasteiger partial charge on any atom is -0.322 e. The maximum absolute atomic E-state index is 13.8. The van der Waals surface area contributed by atoms with Crippen LogP contribution in [0.1, 0.15) is 36.5 Å². The minimum absolute atomic E-state index is 0.523. The molecule has 3 heteroatoms. The molecule has 0 aliphatic heterocycles. The third-order valence-electron chi connectivity index (χ3n) is 3.80. The third-order valence-corrected chi connectivity index (χ3v) is 6.62. The maximum atomic E-state index is 13.8. The molecule has 0 aliphatic rings. The van der Waals surface area contributed by atoms with Gasteiger partial charge < -0.3 is 4.52 Å². The number of rotatable bonds is 6. The summed E-state index contributed by atoms with van der Waals surface area (Å²) in [6, 6.07) is 13.8. The van der Waals surface area contributed by atoms with Crippen molar-refractivity contribution < 1.29 is 9.09 Å². The molecule has 2 aromatic carbocycles. The molecule has 0 fully saturated rings. The number of aryl methyl sites for hydroxylation is 3. The Morgan fingerprint density at radius 3 is 2.14 bits per heavy atom. The lowest BCUT2D eigenvalue weighted by Gasteiger charge is -2.23. The van der Waals surface area contributed by atoms with Gasteiger partial charge in [-0.05, 0) is 50.5 Å². The van der Waals surface area contributed by atoms with Gasteiger partial charge >= 0.3 is 0 Å². The smallest absolute Gasteiger partial charge is 0.261 e. The van der Waals surface area contributed by atoms with E-state index in [1.54, 1.807) is 0 Å². The number of benzene rings is 2. The quantitative estimate of drug-likeness (QED) is 0.572. The summed E-state index contributed by atoms with van der Waals surface area (Å²) in [4.78, 5) is 0. The first-order chi connectivity index (χ1) is 10.5. The van der Waals surface area contributed by atoms with Crippen molar-refractivity contribution in [1.29, 1.82) is 0 Å². The van der Waals surface area contributed by atoms with Crippen LogP contribution in [-0.4, -0.2) is 6.61 Å². The van der Waals surface area contributed by atoms with E-state index >= 15 is 0 Å². The van der Waals surface area contributed by atoms with E-state index in [2.05, 4.69) is 26.0 Å². The fourth-order valence-corrected chi connectivity index (χ4v) is 5.41. The molecule has 0 N–H and O–H groups in total. The molecule has 0 bridgehead atoms. The van der Waals surface area contributed by atoms with E-state index in [0.29, 0.717) is 6.61 Å². The predicted molar refractivity (Wildman–Crippen MR) is 94.8 cm³/mol. The van der Waals surface area contributed by atoms with Gasteiger partial charge in [-0.1, -0.05) is 49.2 Å². The zero-order valence-electron chi connectivity index (χ0n) is 13.9. The molecule has 0 aliphatic carbocycles. The largest absolute Gasteiger partial charge is 0.322 e. The number of unbranched alkanes of at least 4 members (excludes halogenated alkanes) is 1. The van der Waals surface area contributed by atoms with Gasteiger partial charge in [-0.15, -0.1) is 0 Å². The SMILES string of the molecule is CCCCOP(=O)(c1ccccc1)c1c(C)cc(C)cc1C. The molecule has 1 unspecified atom stereocenters. The Morgan fingerprint density at radius 2 is 1.59 bits per heavy atom. The normalized spacial score (nSPS) is 13.8. The number of hydrogen-bond acceptors (Lipinski definition) is 2. The monoisotopic (exact) mass is 316 g/mol. The first-order valence-corrected chi connectivity index (χ1v) is 9.50. The molecule has 2 rings (SSSR count). The summed E-state index contributed by atoms with van der Waals surface area (Å²) in [7, 11) is -3.05. The maximum Gasteiger partial charge on any atom is 0.261 e. The van der Waals surface area contributed by atoms with Crippen LogP contribution in [0.4, 0.5) is 0 Å². The van der Waals surface area contributed by atoms with Crippen LogP contribution >= 0.6 is 7.37 Å². The van der Waals surface area contributed by atoms with Gasteiger partial charge in [-0.25, -0.2) is 0 Å². The van der Waals surface area contributed by atoms with E-state index in [-0.39, 0.29) is 0 Å². The van der Waals surface area contributed by atoms with Crippen molar-refractivity contribution in [3.8, 4) is 0 Å². The van der Waals surface area contributed by atoms with Crippen LogP contribution in [0, 0.1) is 20.8 Å². The Bertz CT molecular complexity index is 654. The molecule has 0 amide bonds. The molecule has 0 aromatic heterocycles. The van der Waals surface area contributed by atoms with Crippen molar-refractivity contribution in [3.05, 3.63) is 59.2 Å². The first-order valence-electron chi connectivity index (χ1n) is 7.87. The summed E-state index contributed by atoms with van der Waals surface area (Å²) in [6.07, 6.45) is 1.95. The molecule has 22 heavy (non-hydrogen) atoms. The van der Waals surface area contributed by atoms with Crippen molar-refractivity contribution in [2.75, 3.05) is 6.61 Å². The van der Waals surface area contributed by atoms with Gasteiger partial charge in [0.2, 0.25) is 0 Å². The van der Waals surface area contributed by atoms with E-state index < -0.39 is 7.37 Å². The van der Waals surface area contributed by atoms with E-state index in [1.807, 2.05) is 44.2 Å². The number of hydrogen-bond donors (Lipinski definition) is 0. The average Bonchev–Trinajstić information content (AvgIpc) is 2.47. The molecule has 1 atom stereocenters. The third kappa shape index (κ3) is 3.51. The second-order valence-corrected chi connectivity index (χ2v) is 8.15. The molecular formula is C19H25O2P. The van der Waals surface area contributed by atoms with Crippen molar-refractivity contribution in [2.45, 2.75) is 40.5 Å². The molecule has 2 nitrogen and oxygen atoms in total. The highest BCUT2D eigenvalue weighted by Crippen LogP contribution is 2.46. The summed E-state index contributed by atoms with van der Waals surface area (Å²) in [5, 5.41) is 1.64. The summed E-state index contributed by atoms with van der Waals surface area (Å²) >= 11 is 0. The summed E-state index contributed by atoms with van der Waals surface area (Å²) < 4.78 is 19.8. The highest BCUT2D eigenvalue weighted by Gasteiger charge is 2.31. The summed E-state index contributed by atoms with van der Waals surface area (Å²) in [5.74, 6) is 0. The van der Waals surface area contributed by atoms with Crippen molar-refractivity contribution >= 4 is 18.0 Å². The Labute approximate surface area is 134 Å². The molecule has 2 aromatic rings. The lowest BCUT2D eigenvalue weighted by atomic mass is 10.1. The first kappa shape index (κ1) is 17.0. The van der Waals surface area contributed by atoms with Gasteiger partial charge in [-0.3, -0.25) is 4.57 Å². The summed E-state index contributed by atoms with van der Waals surface area (Å²) in [5.41, 5.74) is 3.27. The molecule has 0 saturated carbocycles. The van der Waals surface area contributed by atoms with E-state index in [1.165, 1.54) is 5.56 Å². The van der Waals surface area contributed by atoms with Crippen LogP contribution in [-0.2, 0) is 9.09 Å². The van der Waals surface area contributed by atoms with Crippen LogP contribution in [0.2, 0.25) is 0 Å². The van der Waals surface area contributed by atoms with Crippen LogP contribution in [0.5, 0.6) is 0 Å². The Morgan fingerprint density at radius 1 is 1.00 bits per heavy atom. The van der Waals surface area contributed by atoms with Crippen LogP contribution in [0.15, 0.2) is 42.5 Å². The Balaban J connectivity index is 2.57. The summed E-state index contributed by atoms with van der Waals surface area (Å²) in [6.45, 7) is 8.74. The van der Waals surface area contributed by atoms with Gasteiger partial charge in [0.05, 0.1) is 6.61 Å². The van der Waals surface area contributed by atoms with Crippen molar-refractivity contribution in [3.63, 3.8) is 0 Å². The highest BCUT2D eigenvalue weighted by molar-refractivity contribution is 7.74. The Kier molecular flexibility index (Phi) is 5.61. The second-order valence-electron chi connectivity index (χ2n) is 5.82. The molecule has 0 heterocycles. The molecular weight excluding hydrogens is 291 g/mol. The van der Waals surface area contributed by atoms with Crippen LogP contribution in [0.3, 0.4) is 0 Å². The lowest BCUT2D eigenvalue weighted by Crippen LogP contribution is -2.23. The van der Waals surface area contributed by atoms with Crippen molar-refractivity contribution in [1.82, 2.24) is 0 Å². The van der Waals surface area contributed by atoms with E-state index in [0.717, 1.165) is 34.6 Å². The topological polar surface area (TPSA) is 26.3 Å². The Hall–Kier alpha value is -1.37. The zero-order valence-corrected chi connectivity index (χ0v) is 14.8. The van der Waals surface area contributed by atoms with Gasteiger partial charge in [0.25, 0.3) is 7.37 Å². The van der Waals surface area contributed by atoms with E-state index in [4.69, 9.17) is 4.52 Å². The highest BCUT2D eigenvalue weighted by atomic mass is 31.2. The fraction of sp³-hybridized carbons (Fsp3) is 0.368. The van der Waals surface area contributed by atoms with E-state index in [9.17, 15) is 4.57 Å². The van der Waals surface area contributed by atoms with Crippen LogP contribution in [0.25, 0.3) is 0 Å². The predicted octanol–water partition coefficient (Wildman–Crippen LogP) is 4.66. The molecule has 118 valence electrons. The molecule has 0 radical (unpaired) electrons. The van der Waals surface area contributed by atoms with Gasteiger partial charge in [0.1, 0.15) is 0 Å². The van der Waals surface area contributed by atoms with Crippen LogP contribution < -0.4 is 10.6 Å². The lowest BCUT2D eigenvalue weighted by molar-refractivity contribution is 0.318. The standard InChI is InChI=1S/C19H25O2P/c1-5-6-12-21-22(20,18-10-8-7-9-11-18)19-16(3)13-15(2)14-17(19)4/h7-11,13-14H,5-6,12H2,1-4H3. The minimum atomic E-state index is -3.05.